The van der Waals surface area contributed by atoms with Crippen molar-refractivity contribution in [2.45, 2.75) is 64.4 Å². The zero-order valence-corrected chi connectivity index (χ0v) is 18.1. The zero-order valence-electron chi connectivity index (χ0n) is 18.1. The van der Waals surface area contributed by atoms with E-state index in [4.69, 9.17) is 4.74 Å². The Labute approximate surface area is 178 Å². The fourth-order valence-electron chi connectivity index (χ4n) is 4.52. The predicted octanol–water partition coefficient (Wildman–Crippen LogP) is 6.17. The largest absolute Gasteiger partial charge is 0.489 e. The summed E-state index contributed by atoms with van der Waals surface area (Å²) < 4.78 is 5.93. The molecule has 0 radical (unpaired) electrons. The Morgan fingerprint density at radius 2 is 1.77 bits per heavy atom. The molecule has 2 aromatic carbocycles. The van der Waals surface area contributed by atoms with E-state index >= 15 is 0 Å². The molecular weight excluding hydrogens is 372 g/mol. The summed E-state index contributed by atoms with van der Waals surface area (Å²) in [5.74, 6) is 0.818. The van der Waals surface area contributed by atoms with Crippen LogP contribution in [0, 0.1) is 6.92 Å². The third kappa shape index (κ3) is 3.91. The van der Waals surface area contributed by atoms with Gasteiger partial charge in [-0.05, 0) is 63.4 Å². The Morgan fingerprint density at radius 3 is 2.47 bits per heavy atom. The number of benzene rings is 2. The van der Waals surface area contributed by atoms with Gasteiger partial charge in [0.05, 0.1) is 17.2 Å². The van der Waals surface area contributed by atoms with Crippen molar-refractivity contribution in [3.8, 4) is 5.75 Å². The topological polar surface area (TPSA) is 51.2 Å². The summed E-state index contributed by atoms with van der Waals surface area (Å²) in [5.41, 5.74) is 3.41. The molecule has 1 amide bonds. The second-order valence-electron chi connectivity index (χ2n) is 8.64. The van der Waals surface area contributed by atoms with Gasteiger partial charge in [0.1, 0.15) is 11.3 Å². The molecule has 1 fully saturated rings. The van der Waals surface area contributed by atoms with Gasteiger partial charge in [-0.1, -0.05) is 49.1 Å². The van der Waals surface area contributed by atoms with Crippen molar-refractivity contribution in [1.82, 2.24) is 4.98 Å². The molecule has 1 aromatic heterocycles. The Hall–Kier alpha value is -2.88. The molecule has 4 rings (SSSR count). The lowest BCUT2D eigenvalue weighted by Gasteiger charge is -2.36. The maximum absolute atomic E-state index is 13.7. The number of aryl methyl sites for hydroxylation is 1. The Kier molecular flexibility index (Phi) is 5.76. The van der Waals surface area contributed by atoms with E-state index in [1.807, 2.05) is 38.1 Å². The van der Waals surface area contributed by atoms with Crippen LogP contribution in [0.5, 0.6) is 5.75 Å². The summed E-state index contributed by atoms with van der Waals surface area (Å²) in [4.78, 5) is 18.2. The van der Waals surface area contributed by atoms with E-state index in [1.54, 1.807) is 6.20 Å². The van der Waals surface area contributed by atoms with Gasteiger partial charge in [0.25, 0.3) is 0 Å². The average molecular weight is 403 g/mol. The number of nitrogens with zero attached hydrogens (tertiary/aromatic N) is 1. The number of ether oxygens (including phenoxy) is 1. The van der Waals surface area contributed by atoms with Crippen molar-refractivity contribution in [3.05, 3.63) is 65.9 Å². The summed E-state index contributed by atoms with van der Waals surface area (Å²) in [6.45, 7) is 6.08. The third-order valence-corrected chi connectivity index (χ3v) is 6.09. The first kappa shape index (κ1) is 20.4. The van der Waals surface area contributed by atoms with Crippen LogP contribution in [0.1, 0.15) is 57.1 Å². The van der Waals surface area contributed by atoms with E-state index < -0.39 is 5.41 Å². The lowest BCUT2D eigenvalue weighted by atomic mass is 9.68. The number of hydrogen-bond acceptors (Lipinski definition) is 3. The van der Waals surface area contributed by atoms with Crippen LogP contribution in [0.2, 0.25) is 0 Å². The van der Waals surface area contributed by atoms with Gasteiger partial charge in [0.15, 0.2) is 0 Å². The molecule has 0 aliphatic heterocycles. The van der Waals surface area contributed by atoms with Crippen LogP contribution in [0.4, 0.5) is 5.69 Å². The van der Waals surface area contributed by atoms with Crippen molar-refractivity contribution in [2.24, 2.45) is 0 Å². The second kappa shape index (κ2) is 8.47. The highest BCUT2D eigenvalue weighted by Gasteiger charge is 2.41. The third-order valence-electron chi connectivity index (χ3n) is 6.09. The second-order valence-corrected chi connectivity index (χ2v) is 8.64. The summed E-state index contributed by atoms with van der Waals surface area (Å²) in [6, 6.07) is 16.2. The minimum absolute atomic E-state index is 0.0580. The quantitative estimate of drug-likeness (QED) is 0.555. The molecule has 1 saturated carbocycles. The maximum atomic E-state index is 13.7. The molecule has 0 spiro atoms. The van der Waals surface area contributed by atoms with E-state index in [9.17, 15) is 4.79 Å². The molecule has 4 heteroatoms. The molecule has 0 atom stereocenters. The number of hydrogen-bond donors (Lipinski definition) is 1. The summed E-state index contributed by atoms with van der Waals surface area (Å²) in [6.07, 6.45) is 6.92. The van der Waals surface area contributed by atoms with Crippen molar-refractivity contribution in [3.63, 3.8) is 0 Å². The normalized spacial score (nSPS) is 15.9. The van der Waals surface area contributed by atoms with Crippen molar-refractivity contribution >= 4 is 22.5 Å². The molecule has 0 unspecified atom stereocenters. The summed E-state index contributed by atoms with van der Waals surface area (Å²) in [7, 11) is 0. The number of nitrogens with one attached hydrogen (secondary N) is 1. The Morgan fingerprint density at radius 1 is 1.03 bits per heavy atom. The first-order valence-electron chi connectivity index (χ1n) is 10.9. The molecule has 4 nitrogen and oxygen atoms in total. The molecule has 1 aliphatic carbocycles. The molecule has 1 aliphatic rings. The monoisotopic (exact) mass is 402 g/mol. The minimum Gasteiger partial charge on any atom is -0.489 e. The van der Waals surface area contributed by atoms with Crippen molar-refractivity contribution < 1.29 is 9.53 Å². The molecule has 1 heterocycles. The van der Waals surface area contributed by atoms with Gasteiger partial charge >= 0.3 is 0 Å². The van der Waals surface area contributed by atoms with E-state index in [0.29, 0.717) is 0 Å². The number of anilines is 1. The summed E-state index contributed by atoms with van der Waals surface area (Å²) in [5, 5.41) is 4.16. The first-order chi connectivity index (χ1) is 14.5. The van der Waals surface area contributed by atoms with Crippen LogP contribution >= 0.6 is 0 Å². The molecule has 1 N–H and O–H groups in total. The molecule has 30 heavy (non-hydrogen) atoms. The predicted molar refractivity (Wildman–Crippen MR) is 122 cm³/mol. The van der Waals surface area contributed by atoms with Gasteiger partial charge in [0.2, 0.25) is 5.91 Å². The van der Waals surface area contributed by atoms with Crippen LogP contribution < -0.4 is 10.1 Å². The number of aromatic nitrogens is 1. The number of pyridine rings is 1. The van der Waals surface area contributed by atoms with Crippen molar-refractivity contribution in [2.75, 3.05) is 5.32 Å². The highest BCUT2D eigenvalue weighted by molar-refractivity contribution is 6.06. The SMILES string of the molecule is Cc1ccc(C2(C(=O)Nc3ccc(OC(C)C)c4ncccc34)CCCCC2)cc1. The summed E-state index contributed by atoms with van der Waals surface area (Å²) >= 11 is 0. The van der Waals surface area contributed by atoms with E-state index in [-0.39, 0.29) is 12.0 Å². The van der Waals surface area contributed by atoms with Crippen LogP contribution in [0.25, 0.3) is 10.9 Å². The van der Waals surface area contributed by atoms with Crippen LogP contribution in [0.15, 0.2) is 54.7 Å². The fourth-order valence-corrected chi connectivity index (χ4v) is 4.52. The Bertz CT molecular complexity index is 1030. The van der Waals surface area contributed by atoms with E-state index in [2.05, 4.69) is 41.5 Å². The van der Waals surface area contributed by atoms with E-state index in [0.717, 1.165) is 53.6 Å². The van der Waals surface area contributed by atoms with Gasteiger partial charge in [0, 0.05) is 11.6 Å². The number of amides is 1. The number of rotatable bonds is 5. The van der Waals surface area contributed by atoms with E-state index in [1.165, 1.54) is 12.0 Å². The van der Waals surface area contributed by atoms with Crippen LogP contribution in [-0.4, -0.2) is 17.0 Å². The fraction of sp³-hybridized carbons (Fsp3) is 0.385. The molecular formula is C26H30N2O2. The van der Waals surface area contributed by atoms with Gasteiger partial charge in [-0.25, -0.2) is 0 Å². The van der Waals surface area contributed by atoms with Gasteiger partial charge in [-0.15, -0.1) is 0 Å². The van der Waals surface area contributed by atoms with Crippen LogP contribution in [0.3, 0.4) is 0 Å². The first-order valence-corrected chi connectivity index (χ1v) is 10.9. The van der Waals surface area contributed by atoms with Gasteiger partial charge in [-0.2, -0.15) is 0 Å². The zero-order chi connectivity index (χ0) is 21.1. The number of carbonyl (C=O) groups is 1. The highest BCUT2D eigenvalue weighted by Crippen LogP contribution is 2.41. The lowest BCUT2D eigenvalue weighted by molar-refractivity contribution is -0.122. The number of fused-ring (bicyclic) bond motifs is 1. The lowest BCUT2D eigenvalue weighted by Crippen LogP contribution is -2.42. The maximum Gasteiger partial charge on any atom is 0.235 e. The minimum atomic E-state index is -0.479. The van der Waals surface area contributed by atoms with Crippen LogP contribution in [-0.2, 0) is 10.2 Å². The van der Waals surface area contributed by atoms with Gasteiger partial charge < -0.3 is 10.1 Å². The Balaban J connectivity index is 1.71. The molecule has 0 saturated heterocycles. The average Bonchev–Trinajstić information content (AvgIpc) is 2.76. The number of carbonyl (C=O) groups excluding carboxylic acids is 1. The standard InChI is InChI=1S/C26H30N2O2/c1-18(2)30-23-14-13-22(21-8-7-17-27-24(21)23)28-25(29)26(15-5-4-6-16-26)20-11-9-19(3)10-12-20/h7-14,17-18H,4-6,15-16H2,1-3H3,(H,28,29). The highest BCUT2D eigenvalue weighted by atomic mass is 16.5. The smallest absolute Gasteiger partial charge is 0.235 e. The van der Waals surface area contributed by atoms with Crippen molar-refractivity contribution in [1.29, 1.82) is 0 Å². The molecule has 0 bridgehead atoms. The molecule has 156 valence electrons. The van der Waals surface area contributed by atoms with Gasteiger partial charge in [-0.3, -0.25) is 9.78 Å². The molecule has 3 aromatic rings.